The molecule has 0 amide bonds. The molecule has 0 aromatic heterocycles. The fourth-order valence-electron chi connectivity index (χ4n) is 7.93. The molecule has 0 spiro atoms. The normalized spacial score (nSPS) is 19.0. The number of hydrogen-bond donors (Lipinski definition) is 3. The number of rotatable bonds is 47. The van der Waals surface area contributed by atoms with Gasteiger partial charge in [-0.3, -0.25) is 14.4 Å². The SMILES string of the molecule is CC/C=C\C/C=C\C/C=C\C/C=C\CCCCC(=O)OC1C(OCC(COC(=O)CCCCCCCCC/C=C\C/C=C\CCCCC)OC(=O)CCCCC/C=C\C/C=C\C/C=C\CC)OC(C(=O)O)C(O)C1O. The first-order valence-electron chi connectivity index (χ1n) is 28.9. The smallest absolute Gasteiger partial charge is 0.335 e. The first kappa shape index (κ1) is 68.4. The number of unbranched alkanes of at least 4 members (excludes halogenated alkanes) is 15. The lowest BCUT2D eigenvalue weighted by Crippen LogP contribution is -2.61. The molecule has 0 bridgehead atoms. The van der Waals surface area contributed by atoms with Crippen molar-refractivity contribution < 1.29 is 58.2 Å². The predicted octanol–water partition coefficient (Wildman–Crippen LogP) is 14.7. The first-order valence-corrected chi connectivity index (χ1v) is 28.9. The highest BCUT2D eigenvalue weighted by molar-refractivity contribution is 5.74. The van der Waals surface area contributed by atoms with Crippen LogP contribution in [0.4, 0.5) is 0 Å². The minimum absolute atomic E-state index is 0.00148. The van der Waals surface area contributed by atoms with Gasteiger partial charge in [0.05, 0.1) is 6.61 Å². The molecule has 0 aromatic rings. The summed E-state index contributed by atoms with van der Waals surface area (Å²) in [7, 11) is 0. The van der Waals surface area contributed by atoms with Crippen molar-refractivity contribution in [2.75, 3.05) is 13.2 Å². The second-order valence-electron chi connectivity index (χ2n) is 19.2. The minimum Gasteiger partial charge on any atom is -0.479 e. The van der Waals surface area contributed by atoms with E-state index in [0.29, 0.717) is 25.7 Å². The number of carbonyl (C=O) groups is 4. The van der Waals surface area contributed by atoms with Crippen LogP contribution in [0, 0.1) is 0 Å². The zero-order valence-electron chi connectivity index (χ0n) is 46.5. The van der Waals surface area contributed by atoms with Gasteiger partial charge in [0.15, 0.2) is 24.6 Å². The van der Waals surface area contributed by atoms with Gasteiger partial charge in [0.25, 0.3) is 0 Å². The molecule has 0 radical (unpaired) electrons. The molecule has 0 aliphatic carbocycles. The number of allylic oxidation sites excluding steroid dienone is 18. The molecule has 0 aromatic carbocycles. The summed E-state index contributed by atoms with van der Waals surface area (Å²) in [4.78, 5) is 51.1. The van der Waals surface area contributed by atoms with Crippen LogP contribution in [0.3, 0.4) is 0 Å². The van der Waals surface area contributed by atoms with Crippen LogP contribution in [0.1, 0.15) is 213 Å². The van der Waals surface area contributed by atoms with E-state index in [9.17, 15) is 34.5 Å². The number of aliphatic carboxylic acids is 1. The van der Waals surface area contributed by atoms with Crippen LogP contribution in [0.2, 0.25) is 0 Å². The fraction of sp³-hybridized carbons (Fsp3) is 0.651. The third-order valence-electron chi connectivity index (χ3n) is 12.3. The Morgan fingerprint density at radius 2 is 0.840 bits per heavy atom. The van der Waals surface area contributed by atoms with E-state index in [1.165, 1.54) is 38.5 Å². The van der Waals surface area contributed by atoms with Gasteiger partial charge in [0.2, 0.25) is 0 Å². The van der Waals surface area contributed by atoms with Crippen LogP contribution >= 0.6 is 0 Å². The number of carboxylic acid groups (broad SMARTS) is 1. The molecule has 0 saturated carbocycles. The lowest BCUT2D eigenvalue weighted by Gasteiger charge is -2.40. The van der Waals surface area contributed by atoms with Crippen LogP contribution in [-0.4, -0.2) is 89.2 Å². The van der Waals surface area contributed by atoms with Gasteiger partial charge in [0.1, 0.15) is 18.8 Å². The van der Waals surface area contributed by atoms with Gasteiger partial charge >= 0.3 is 23.9 Å². The van der Waals surface area contributed by atoms with Crippen molar-refractivity contribution >= 4 is 23.9 Å². The van der Waals surface area contributed by atoms with E-state index in [4.69, 9.17) is 23.7 Å². The van der Waals surface area contributed by atoms with Crippen molar-refractivity contribution in [3.63, 3.8) is 0 Å². The first-order chi connectivity index (χ1) is 36.6. The van der Waals surface area contributed by atoms with Crippen molar-refractivity contribution in [3.8, 4) is 0 Å². The molecule has 1 saturated heterocycles. The van der Waals surface area contributed by atoms with Crippen LogP contribution in [0.15, 0.2) is 109 Å². The third kappa shape index (κ3) is 40.3. The maximum absolute atomic E-state index is 13.1. The van der Waals surface area contributed by atoms with Crippen molar-refractivity contribution in [1.82, 2.24) is 0 Å². The van der Waals surface area contributed by atoms with Gasteiger partial charge in [0, 0.05) is 19.3 Å². The third-order valence-corrected chi connectivity index (χ3v) is 12.3. The van der Waals surface area contributed by atoms with E-state index in [1.54, 1.807) is 0 Å². The van der Waals surface area contributed by atoms with Crippen LogP contribution < -0.4 is 0 Å². The van der Waals surface area contributed by atoms with Crippen molar-refractivity contribution in [2.45, 2.75) is 250 Å². The minimum atomic E-state index is -1.93. The van der Waals surface area contributed by atoms with E-state index in [0.717, 1.165) is 109 Å². The van der Waals surface area contributed by atoms with Crippen molar-refractivity contribution in [1.29, 1.82) is 0 Å². The second-order valence-corrected chi connectivity index (χ2v) is 19.2. The Morgan fingerprint density at radius 3 is 1.32 bits per heavy atom. The Bertz CT molecular complexity index is 1720. The highest BCUT2D eigenvalue weighted by Crippen LogP contribution is 2.26. The highest BCUT2D eigenvalue weighted by atomic mass is 16.7. The molecule has 75 heavy (non-hydrogen) atoms. The van der Waals surface area contributed by atoms with Gasteiger partial charge < -0.3 is 39.0 Å². The molecule has 12 heteroatoms. The summed E-state index contributed by atoms with van der Waals surface area (Å²) in [6, 6.07) is 0. The number of carbonyl (C=O) groups excluding carboxylic acids is 3. The molecule has 1 heterocycles. The molecule has 1 fully saturated rings. The summed E-state index contributed by atoms with van der Waals surface area (Å²) in [5.74, 6) is -3.24. The topological polar surface area (TPSA) is 175 Å². The summed E-state index contributed by atoms with van der Waals surface area (Å²) in [6.07, 6.45) is 54.9. The number of esters is 3. The lowest BCUT2D eigenvalue weighted by atomic mass is 9.98. The summed E-state index contributed by atoms with van der Waals surface area (Å²) in [5, 5.41) is 31.4. The Morgan fingerprint density at radius 1 is 0.453 bits per heavy atom. The largest absolute Gasteiger partial charge is 0.479 e. The standard InChI is InChI=1S/C63H100O12/c1-4-7-10-13-16-19-22-25-27-28-30-32-34-37-40-43-46-49-55(64)71-52-54(73-56(65)50-47-44-41-38-35-31-24-21-18-15-12-9-6-3)53-72-63-61(59(68)58(67)60(75-63)62(69)70)74-57(66)51-48-45-42-39-36-33-29-26-23-20-17-14-11-8-5-2/h8-9,11-12,16-21,25-27,29,31,35-36,39,54,58-61,63,67-68H,4-7,10,13-15,22-24,28,30,32-34,37-38,40-53H2,1-3H3,(H,69,70)/b11-8-,12-9-,19-16-,20-17-,21-18-,27-25-,29-26-,35-31-,39-36-. The zero-order chi connectivity index (χ0) is 54.7. The number of carboxylic acids is 1. The van der Waals surface area contributed by atoms with Crippen LogP contribution in [0.25, 0.3) is 0 Å². The average Bonchev–Trinajstić information content (AvgIpc) is 3.39. The Kier molecular flexibility index (Phi) is 45.8. The molecule has 1 aliphatic rings. The molecule has 6 atom stereocenters. The van der Waals surface area contributed by atoms with E-state index in [-0.39, 0.29) is 25.9 Å². The van der Waals surface area contributed by atoms with Gasteiger partial charge in [-0.05, 0) is 122 Å². The molecule has 3 N–H and O–H groups in total. The summed E-state index contributed by atoms with van der Waals surface area (Å²) in [5.41, 5.74) is 0. The Labute approximate surface area is 453 Å². The van der Waals surface area contributed by atoms with E-state index < -0.39 is 67.3 Å². The zero-order valence-corrected chi connectivity index (χ0v) is 46.5. The molecule has 424 valence electrons. The molecule has 1 rings (SSSR count). The maximum Gasteiger partial charge on any atom is 0.335 e. The fourth-order valence-corrected chi connectivity index (χ4v) is 7.93. The average molecular weight is 1050 g/mol. The number of hydrogen-bond acceptors (Lipinski definition) is 11. The van der Waals surface area contributed by atoms with Crippen molar-refractivity contribution in [2.24, 2.45) is 0 Å². The molecular weight excluding hydrogens is 949 g/mol. The maximum atomic E-state index is 13.1. The molecule has 12 nitrogen and oxygen atoms in total. The van der Waals surface area contributed by atoms with E-state index >= 15 is 0 Å². The Balaban J connectivity index is 2.74. The number of ether oxygens (including phenoxy) is 5. The van der Waals surface area contributed by atoms with Gasteiger partial charge in [-0.1, -0.05) is 182 Å². The van der Waals surface area contributed by atoms with E-state index in [1.807, 2.05) is 0 Å². The van der Waals surface area contributed by atoms with Gasteiger partial charge in [-0.25, -0.2) is 4.79 Å². The molecular formula is C63H100O12. The molecule has 6 unspecified atom stereocenters. The van der Waals surface area contributed by atoms with E-state index in [2.05, 4.69) is 130 Å². The van der Waals surface area contributed by atoms with Crippen molar-refractivity contribution in [3.05, 3.63) is 109 Å². The highest BCUT2D eigenvalue weighted by Gasteiger charge is 2.50. The number of aliphatic hydroxyl groups is 2. The Hall–Kier alpha value is -4.62. The van der Waals surface area contributed by atoms with Crippen LogP contribution in [-0.2, 0) is 42.9 Å². The monoisotopic (exact) mass is 1050 g/mol. The second kappa shape index (κ2) is 50.2. The van der Waals surface area contributed by atoms with Gasteiger partial charge in [-0.15, -0.1) is 0 Å². The number of aliphatic hydroxyl groups excluding tert-OH is 2. The predicted molar refractivity (Wildman–Crippen MR) is 303 cm³/mol. The summed E-state index contributed by atoms with van der Waals surface area (Å²) >= 11 is 0. The quantitative estimate of drug-likeness (QED) is 0.0228. The summed E-state index contributed by atoms with van der Waals surface area (Å²) in [6.45, 7) is 5.67. The summed E-state index contributed by atoms with van der Waals surface area (Å²) < 4.78 is 28.3. The molecule has 1 aliphatic heterocycles. The lowest BCUT2D eigenvalue weighted by molar-refractivity contribution is -0.301. The van der Waals surface area contributed by atoms with Crippen LogP contribution in [0.5, 0.6) is 0 Å². The van der Waals surface area contributed by atoms with Gasteiger partial charge in [-0.2, -0.15) is 0 Å².